The number of thiazole rings is 1. The minimum absolute atomic E-state index is 0.283. The van der Waals surface area contributed by atoms with Crippen molar-refractivity contribution >= 4 is 38.4 Å². The van der Waals surface area contributed by atoms with Crippen LogP contribution in [0.5, 0.6) is 5.75 Å². The maximum atomic E-state index is 12.9. The maximum Gasteiger partial charge on any atom is 0.279 e. The maximum absolute atomic E-state index is 12.9. The van der Waals surface area contributed by atoms with Crippen molar-refractivity contribution in [3.8, 4) is 5.75 Å². The van der Waals surface area contributed by atoms with E-state index in [1.807, 2.05) is 60.9 Å². The summed E-state index contributed by atoms with van der Waals surface area (Å²) < 4.78 is 8.78. The molecule has 2 heterocycles. The average molecular weight is 404 g/mol. The van der Waals surface area contributed by atoms with Crippen molar-refractivity contribution in [1.29, 1.82) is 0 Å². The number of carbonyl (C=O) groups is 1. The van der Waals surface area contributed by atoms with Crippen LogP contribution in [0.2, 0.25) is 0 Å². The van der Waals surface area contributed by atoms with Gasteiger partial charge in [0.15, 0.2) is 4.80 Å². The van der Waals surface area contributed by atoms with Crippen LogP contribution in [0.1, 0.15) is 23.0 Å². The monoisotopic (exact) mass is 403 g/mol. The molecule has 0 radical (unpaired) electrons. The van der Waals surface area contributed by atoms with E-state index in [0.29, 0.717) is 23.5 Å². The van der Waals surface area contributed by atoms with Crippen LogP contribution in [0.25, 0.3) is 21.1 Å². The molecule has 0 aliphatic heterocycles. The number of aromatic nitrogens is 2. The Morgan fingerprint density at radius 3 is 2.93 bits per heavy atom. The highest BCUT2D eigenvalue weighted by Gasteiger charge is 2.13. The molecule has 0 N–H and O–H groups in total. The van der Waals surface area contributed by atoms with Crippen molar-refractivity contribution in [3.05, 3.63) is 77.2 Å². The zero-order valence-electron chi connectivity index (χ0n) is 16.4. The Kier molecular flexibility index (Phi) is 5.27. The van der Waals surface area contributed by atoms with E-state index in [4.69, 9.17) is 4.74 Å². The molecular formula is C23H21N3O2S. The third-order valence-electron chi connectivity index (χ3n) is 4.55. The number of aryl methyl sites for hydroxylation is 1. The Morgan fingerprint density at radius 2 is 2.14 bits per heavy atom. The van der Waals surface area contributed by atoms with Gasteiger partial charge < -0.3 is 9.30 Å². The molecule has 0 saturated carbocycles. The van der Waals surface area contributed by atoms with E-state index in [0.717, 1.165) is 32.6 Å². The SMILES string of the molecule is C=CCn1c(=NC(=O)c2ccc3nc(C)ccc3c2)sc2cccc(OCC)c21. The normalized spacial score (nSPS) is 11.9. The number of ether oxygens (including phenoxy) is 1. The summed E-state index contributed by atoms with van der Waals surface area (Å²) in [6.07, 6.45) is 1.79. The Bertz CT molecular complexity index is 1300. The summed E-state index contributed by atoms with van der Waals surface area (Å²) in [6, 6.07) is 15.3. The molecule has 0 saturated heterocycles. The van der Waals surface area contributed by atoms with Gasteiger partial charge in [0.25, 0.3) is 5.91 Å². The van der Waals surface area contributed by atoms with Gasteiger partial charge >= 0.3 is 0 Å². The fourth-order valence-electron chi connectivity index (χ4n) is 3.27. The number of nitrogens with zero attached hydrogens (tertiary/aromatic N) is 3. The van der Waals surface area contributed by atoms with Gasteiger partial charge in [-0.1, -0.05) is 29.5 Å². The van der Waals surface area contributed by atoms with Gasteiger partial charge in [-0.3, -0.25) is 9.78 Å². The van der Waals surface area contributed by atoms with Gasteiger partial charge in [0.2, 0.25) is 0 Å². The lowest BCUT2D eigenvalue weighted by molar-refractivity contribution is 0.0998. The molecular weight excluding hydrogens is 382 g/mol. The quantitative estimate of drug-likeness (QED) is 0.446. The van der Waals surface area contributed by atoms with E-state index in [1.165, 1.54) is 11.3 Å². The van der Waals surface area contributed by atoms with Crippen LogP contribution >= 0.6 is 11.3 Å². The molecule has 29 heavy (non-hydrogen) atoms. The topological polar surface area (TPSA) is 56.5 Å². The first kappa shape index (κ1) is 19.1. The molecule has 0 fully saturated rings. The number of hydrogen-bond donors (Lipinski definition) is 0. The van der Waals surface area contributed by atoms with Crippen LogP contribution in [0.15, 0.2) is 66.2 Å². The first-order chi connectivity index (χ1) is 14.1. The highest BCUT2D eigenvalue weighted by Crippen LogP contribution is 2.27. The number of hydrogen-bond acceptors (Lipinski definition) is 4. The molecule has 0 aliphatic carbocycles. The second kappa shape index (κ2) is 8.01. The van der Waals surface area contributed by atoms with Gasteiger partial charge in [-0.15, -0.1) is 6.58 Å². The number of benzene rings is 2. The first-order valence-corrected chi connectivity index (χ1v) is 10.2. The van der Waals surface area contributed by atoms with E-state index in [2.05, 4.69) is 16.6 Å². The molecule has 5 nitrogen and oxygen atoms in total. The zero-order valence-corrected chi connectivity index (χ0v) is 17.2. The minimum atomic E-state index is -0.283. The number of fused-ring (bicyclic) bond motifs is 2. The van der Waals surface area contributed by atoms with Gasteiger partial charge in [-0.25, -0.2) is 0 Å². The standard InChI is InChI=1S/C23H21N3O2S/c1-4-13-26-21-19(28-5-2)7-6-8-20(21)29-23(26)25-22(27)17-11-12-18-16(14-17)10-9-15(3)24-18/h4,6-12,14H,1,5,13H2,2-3H3. The Labute approximate surface area is 172 Å². The van der Waals surface area contributed by atoms with Gasteiger partial charge in [-0.2, -0.15) is 4.99 Å². The summed E-state index contributed by atoms with van der Waals surface area (Å²) in [4.78, 5) is 22.5. The number of carbonyl (C=O) groups excluding carboxylic acids is 1. The third-order valence-corrected chi connectivity index (χ3v) is 5.59. The smallest absolute Gasteiger partial charge is 0.279 e. The molecule has 0 bridgehead atoms. The van der Waals surface area contributed by atoms with Gasteiger partial charge in [0.05, 0.1) is 16.8 Å². The number of para-hydroxylation sites is 1. The molecule has 4 rings (SSSR count). The molecule has 2 aromatic carbocycles. The van der Waals surface area contributed by atoms with Crippen LogP contribution in [-0.4, -0.2) is 22.1 Å². The molecule has 1 amide bonds. The van der Waals surface area contributed by atoms with E-state index in [1.54, 1.807) is 12.1 Å². The first-order valence-electron chi connectivity index (χ1n) is 9.43. The van der Waals surface area contributed by atoms with Gasteiger partial charge in [0, 0.05) is 23.2 Å². The van der Waals surface area contributed by atoms with Crippen molar-refractivity contribution in [2.45, 2.75) is 20.4 Å². The molecule has 146 valence electrons. The Balaban J connectivity index is 1.84. The van der Waals surface area contributed by atoms with Crippen molar-refractivity contribution < 1.29 is 9.53 Å². The van der Waals surface area contributed by atoms with Crippen LogP contribution in [-0.2, 0) is 6.54 Å². The Hall–Kier alpha value is -3.25. The van der Waals surface area contributed by atoms with Gasteiger partial charge in [-0.05, 0) is 50.2 Å². The number of rotatable bonds is 5. The fraction of sp³-hybridized carbons (Fsp3) is 0.174. The summed E-state index contributed by atoms with van der Waals surface area (Å²) in [7, 11) is 0. The number of amides is 1. The molecule has 0 spiro atoms. The minimum Gasteiger partial charge on any atom is -0.492 e. The van der Waals surface area contributed by atoms with E-state index in [9.17, 15) is 4.79 Å². The lowest BCUT2D eigenvalue weighted by Gasteiger charge is -2.08. The van der Waals surface area contributed by atoms with Crippen LogP contribution < -0.4 is 9.54 Å². The third kappa shape index (κ3) is 3.71. The largest absolute Gasteiger partial charge is 0.492 e. The van der Waals surface area contributed by atoms with Crippen molar-refractivity contribution in [2.24, 2.45) is 4.99 Å². The zero-order chi connectivity index (χ0) is 20.4. The Morgan fingerprint density at radius 1 is 1.28 bits per heavy atom. The van der Waals surface area contributed by atoms with E-state index < -0.39 is 0 Å². The second-order valence-corrected chi connectivity index (χ2v) is 7.61. The number of allylic oxidation sites excluding steroid dienone is 1. The van der Waals surface area contributed by atoms with Crippen molar-refractivity contribution in [2.75, 3.05) is 6.61 Å². The molecule has 2 aromatic heterocycles. The summed E-state index contributed by atoms with van der Waals surface area (Å²) in [6.45, 7) is 8.86. The summed E-state index contributed by atoms with van der Waals surface area (Å²) >= 11 is 1.47. The molecule has 0 aliphatic rings. The average Bonchev–Trinajstić information content (AvgIpc) is 3.06. The molecule has 4 aromatic rings. The lowest BCUT2D eigenvalue weighted by atomic mass is 10.1. The molecule has 6 heteroatoms. The second-order valence-electron chi connectivity index (χ2n) is 6.60. The highest BCUT2D eigenvalue weighted by molar-refractivity contribution is 7.16. The highest BCUT2D eigenvalue weighted by atomic mass is 32.1. The van der Waals surface area contributed by atoms with Crippen molar-refractivity contribution in [1.82, 2.24) is 9.55 Å². The predicted molar refractivity (Wildman–Crippen MR) is 118 cm³/mol. The molecule has 0 atom stereocenters. The summed E-state index contributed by atoms with van der Waals surface area (Å²) in [5, 5.41) is 0.922. The predicted octanol–water partition coefficient (Wildman–Crippen LogP) is 4.89. The van der Waals surface area contributed by atoms with Crippen LogP contribution in [0, 0.1) is 6.92 Å². The van der Waals surface area contributed by atoms with Crippen molar-refractivity contribution in [3.63, 3.8) is 0 Å². The lowest BCUT2D eigenvalue weighted by Crippen LogP contribution is -2.16. The van der Waals surface area contributed by atoms with Crippen LogP contribution in [0.3, 0.4) is 0 Å². The van der Waals surface area contributed by atoms with E-state index >= 15 is 0 Å². The van der Waals surface area contributed by atoms with E-state index in [-0.39, 0.29) is 5.91 Å². The van der Waals surface area contributed by atoms with Gasteiger partial charge in [0.1, 0.15) is 11.3 Å². The summed E-state index contributed by atoms with van der Waals surface area (Å²) in [5.41, 5.74) is 3.29. The summed E-state index contributed by atoms with van der Waals surface area (Å²) in [5.74, 6) is 0.499. The number of pyridine rings is 1. The van der Waals surface area contributed by atoms with Crippen LogP contribution in [0.4, 0.5) is 0 Å². The molecule has 0 unspecified atom stereocenters. The fourth-order valence-corrected chi connectivity index (χ4v) is 4.32.